The maximum absolute atomic E-state index is 13.1. The van der Waals surface area contributed by atoms with Crippen LogP contribution in [0.4, 0.5) is 4.39 Å². The predicted octanol–water partition coefficient (Wildman–Crippen LogP) is 2.82. The van der Waals surface area contributed by atoms with Crippen LogP contribution in [-0.2, 0) is 19.4 Å². The summed E-state index contributed by atoms with van der Waals surface area (Å²) in [6.45, 7) is 1.75. The van der Waals surface area contributed by atoms with E-state index in [9.17, 15) is 12.8 Å². The van der Waals surface area contributed by atoms with Crippen LogP contribution in [0, 0.1) is 12.7 Å². The molecule has 4 nitrogen and oxygen atoms in total. The minimum Gasteiger partial charge on any atom is -0.479 e. The maximum atomic E-state index is 13.1. The number of ether oxygens (including phenoxy) is 1. The van der Waals surface area contributed by atoms with Gasteiger partial charge in [-0.3, -0.25) is 0 Å². The summed E-state index contributed by atoms with van der Waals surface area (Å²) < 4.78 is 44.4. The molecule has 0 aliphatic carbocycles. The Morgan fingerprint density at radius 1 is 1.09 bits per heavy atom. The lowest BCUT2D eigenvalue weighted by molar-refractivity contribution is 0.308. The van der Waals surface area contributed by atoms with Gasteiger partial charge in [0.15, 0.2) is 6.40 Å². The highest BCUT2D eigenvalue weighted by atomic mass is 32.2. The van der Waals surface area contributed by atoms with E-state index in [2.05, 4.69) is 4.99 Å². The van der Waals surface area contributed by atoms with Crippen molar-refractivity contribution in [2.45, 2.75) is 16.7 Å². The first-order valence-corrected chi connectivity index (χ1v) is 8.17. The van der Waals surface area contributed by atoms with Gasteiger partial charge in [0.2, 0.25) is 14.7 Å². The van der Waals surface area contributed by atoms with Gasteiger partial charge in [0.1, 0.15) is 12.4 Å². The Kier molecular flexibility index (Phi) is 3.48. The number of rotatable bonds is 3. The SMILES string of the molecule is Cc1ccc(S(=O)(=O)C2(c3ccc(F)cc3)COC=N2)cc1. The van der Waals surface area contributed by atoms with Gasteiger partial charge < -0.3 is 4.74 Å². The summed E-state index contributed by atoms with van der Waals surface area (Å²) in [5.41, 5.74) is 1.34. The van der Waals surface area contributed by atoms with Gasteiger partial charge in [-0.05, 0) is 36.8 Å². The first-order valence-electron chi connectivity index (χ1n) is 6.68. The molecule has 6 heteroatoms. The van der Waals surface area contributed by atoms with Crippen molar-refractivity contribution in [1.29, 1.82) is 0 Å². The summed E-state index contributed by atoms with van der Waals surface area (Å²) in [5.74, 6) is -0.436. The van der Waals surface area contributed by atoms with Crippen LogP contribution >= 0.6 is 0 Å². The zero-order valence-electron chi connectivity index (χ0n) is 11.9. The van der Waals surface area contributed by atoms with Gasteiger partial charge in [0.05, 0.1) is 4.90 Å². The maximum Gasteiger partial charge on any atom is 0.227 e. The molecule has 0 radical (unpaired) electrons. The number of sulfone groups is 1. The van der Waals surface area contributed by atoms with Gasteiger partial charge in [0, 0.05) is 0 Å². The summed E-state index contributed by atoms with van der Waals surface area (Å²) in [4.78, 5) is 2.66. The predicted molar refractivity (Wildman–Crippen MR) is 80.9 cm³/mol. The van der Waals surface area contributed by atoms with Crippen LogP contribution in [-0.4, -0.2) is 21.4 Å². The summed E-state index contributed by atoms with van der Waals surface area (Å²) in [7, 11) is -3.83. The third-order valence-corrected chi connectivity index (χ3v) is 5.93. The van der Waals surface area contributed by atoms with E-state index < -0.39 is 20.5 Å². The first-order chi connectivity index (χ1) is 10.5. The molecule has 1 heterocycles. The van der Waals surface area contributed by atoms with Crippen LogP contribution in [0.2, 0.25) is 0 Å². The van der Waals surface area contributed by atoms with Crippen LogP contribution in [0.1, 0.15) is 11.1 Å². The molecule has 2 aromatic carbocycles. The number of aliphatic imine (C=N–C) groups is 1. The van der Waals surface area contributed by atoms with Crippen LogP contribution in [0.5, 0.6) is 0 Å². The zero-order valence-corrected chi connectivity index (χ0v) is 12.7. The van der Waals surface area contributed by atoms with Gasteiger partial charge in [-0.2, -0.15) is 0 Å². The molecule has 1 atom stereocenters. The number of nitrogens with zero attached hydrogens (tertiary/aromatic N) is 1. The third-order valence-electron chi connectivity index (χ3n) is 3.69. The summed E-state index contributed by atoms with van der Waals surface area (Å²) in [6, 6.07) is 11.8. The highest BCUT2D eigenvalue weighted by Crippen LogP contribution is 2.39. The molecule has 0 saturated carbocycles. The zero-order chi connectivity index (χ0) is 15.8. The normalized spacial score (nSPS) is 20.8. The molecule has 0 N–H and O–H groups in total. The van der Waals surface area contributed by atoms with E-state index in [-0.39, 0.29) is 11.5 Å². The number of hydrogen-bond acceptors (Lipinski definition) is 4. The Morgan fingerprint density at radius 2 is 1.73 bits per heavy atom. The third kappa shape index (κ3) is 2.20. The summed E-state index contributed by atoms with van der Waals surface area (Å²) in [5, 5.41) is 0. The van der Waals surface area contributed by atoms with Crippen molar-refractivity contribution in [2.75, 3.05) is 6.61 Å². The fraction of sp³-hybridized carbons (Fsp3) is 0.188. The molecule has 0 aromatic heterocycles. The van der Waals surface area contributed by atoms with Gasteiger partial charge >= 0.3 is 0 Å². The standard InChI is InChI=1S/C16H14FNO3S/c1-12-2-8-15(9-3-12)22(19,20)16(10-21-11-18-16)13-4-6-14(17)7-5-13/h2-9,11H,10H2,1H3. The van der Waals surface area contributed by atoms with Gasteiger partial charge in [-0.25, -0.2) is 17.8 Å². The molecule has 22 heavy (non-hydrogen) atoms. The molecule has 3 rings (SSSR count). The Bertz CT molecular complexity index is 813. The fourth-order valence-corrected chi connectivity index (χ4v) is 4.13. The second-order valence-electron chi connectivity index (χ2n) is 5.15. The van der Waals surface area contributed by atoms with E-state index in [1.165, 1.54) is 24.3 Å². The van der Waals surface area contributed by atoms with Crippen LogP contribution in [0.25, 0.3) is 0 Å². The minimum atomic E-state index is -3.83. The second kappa shape index (κ2) is 5.21. The molecule has 0 amide bonds. The Hall–Kier alpha value is -2.21. The Balaban J connectivity index is 2.17. The molecule has 0 spiro atoms. The fourth-order valence-electron chi connectivity index (χ4n) is 2.39. The molecule has 1 aliphatic rings. The largest absolute Gasteiger partial charge is 0.479 e. The van der Waals surface area contributed by atoms with Crippen molar-refractivity contribution in [1.82, 2.24) is 0 Å². The van der Waals surface area contributed by atoms with Gasteiger partial charge in [-0.15, -0.1) is 0 Å². The van der Waals surface area contributed by atoms with E-state index in [0.29, 0.717) is 5.56 Å². The smallest absolute Gasteiger partial charge is 0.227 e. The topological polar surface area (TPSA) is 55.7 Å². The quantitative estimate of drug-likeness (QED) is 0.874. The van der Waals surface area contributed by atoms with Crippen molar-refractivity contribution in [2.24, 2.45) is 4.99 Å². The second-order valence-corrected chi connectivity index (χ2v) is 7.31. The van der Waals surface area contributed by atoms with Crippen molar-refractivity contribution >= 4 is 16.2 Å². The molecule has 0 saturated heterocycles. The number of halogens is 1. The molecule has 114 valence electrons. The van der Waals surface area contributed by atoms with E-state index in [1.807, 2.05) is 6.92 Å². The van der Waals surface area contributed by atoms with Crippen molar-refractivity contribution in [3.63, 3.8) is 0 Å². The van der Waals surface area contributed by atoms with Gasteiger partial charge in [-0.1, -0.05) is 29.8 Å². The summed E-state index contributed by atoms with van der Waals surface area (Å²) in [6.07, 6.45) is 1.13. The van der Waals surface area contributed by atoms with Crippen molar-refractivity contribution in [3.8, 4) is 0 Å². The molecule has 0 fully saturated rings. The number of hydrogen-bond donors (Lipinski definition) is 0. The minimum absolute atomic E-state index is 0.130. The Labute approximate surface area is 128 Å². The molecule has 2 aromatic rings. The number of benzene rings is 2. The highest BCUT2D eigenvalue weighted by Gasteiger charge is 2.49. The molecule has 1 unspecified atom stereocenters. The summed E-state index contributed by atoms with van der Waals surface area (Å²) >= 11 is 0. The van der Waals surface area contributed by atoms with Crippen LogP contribution in [0.15, 0.2) is 58.4 Å². The monoisotopic (exact) mass is 319 g/mol. The van der Waals surface area contributed by atoms with Crippen molar-refractivity contribution in [3.05, 3.63) is 65.5 Å². The average Bonchev–Trinajstić information content (AvgIpc) is 3.00. The first kappa shape index (κ1) is 14.7. The molecule has 1 aliphatic heterocycles. The van der Waals surface area contributed by atoms with Crippen molar-refractivity contribution < 1.29 is 17.5 Å². The average molecular weight is 319 g/mol. The highest BCUT2D eigenvalue weighted by molar-refractivity contribution is 7.92. The van der Waals surface area contributed by atoms with Crippen LogP contribution in [0.3, 0.4) is 0 Å². The Morgan fingerprint density at radius 3 is 2.27 bits per heavy atom. The number of aryl methyl sites for hydroxylation is 1. The van der Waals surface area contributed by atoms with Gasteiger partial charge in [0.25, 0.3) is 0 Å². The van der Waals surface area contributed by atoms with E-state index >= 15 is 0 Å². The van der Waals surface area contributed by atoms with E-state index in [1.54, 1.807) is 24.3 Å². The van der Waals surface area contributed by atoms with Crippen LogP contribution < -0.4 is 0 Å². The van der Waals surface area contributed by atoms with E-state index in [0.717, 1.165) is 12.0 Å². The van der Waals surface area contributed by atoms with E-state index in [4.69, 9.17) is 4.74 Å². The molecule has 0 bridgehead atoms. The lowest BCUT2D eigenvalue weighted by atomic mass is 10.1. The lowest BCUT2D eigenvalue weighted by Crippen LogP contribution is -2.35. The lowest BCUT2D eigenvalue weighted by Gasteiger charge is -2.25. The molecular weight excluding hydrogens is 305 g/mol. The molecular formula is C16H14FNO3S.